The Kier molecular flexibility index (Phi) is 7.98. The molecule has 0 unspecified atom stereocenters. The average molecular weight is 424 g/mol. The third kappa shape index (κ3) is 7.35. The Labute approximate surface area is 170 Å². The Morgan fingerprint density at radius 3 is 2.34 bits per heavy atom. The molecule has 0 saturated carbocycles. The average Bonchev–Trinajstić information content (AvgIpc) is 2.67. The Morgan fingerprint density at radius 2 is 1.76 bits per heavy atom. The summed E-state index contributed by atoms with van der Waals surface area (Å²) in [4.78, 5) is 12.3. The molecule has 1 N–H and O–H groups in total. The van der Waals surface area contributed by atoms with Gasteiger partial charge in [0.15, 0.2) is 0 Å². The van der Waals surface area contributed by atoms with Gasteiger partial charge in [-0.2, -0.15) is 4.31 Å². The Morgan fingerprint density at radius 1 is 1.14 bits per heavy atom. The summed E-state index contributed by atoms with van der Waals surface area (Å²) in [5, 5.41) is 2.69. The standard InChI is InChI=1S/C20H25FN2O5S/c1-15(14-28-18-10-8-17(27-2)9-11-18)22-20(24)13-23(29(3,25)26)12-16-6-4-5-7-19(16)21/h4-11,15H,12-14H2,1-3H3,(H,22,24)/t15-/m1/s1. The highest BCUT2D eigenvalue weighted by Gasteiger charge is 2.22. The highest BCUT2D eigenvalue weighted by atomic mass is 32.2. The van der Waals surface area contributed by atoms with Crippen LogP contribution < -0.4 is 14.8 Å². The molecule has 0 saturated heterocycles. The van der Waals surface area contributed by atoms with E-state index in [1.165, 1.54) is 18.2 Å². The number of nitrogens with zero attached hydrogens (tertiary/aromatic N) is 1. The highest BCUT2D eigenvalue weighted by molar-refractivity contribution is 7.88. The van der Waals surface area contributed by atoms with E-state index in [1.54, 1.807) is 44.4 Å². The lowest BCUT2D eigenvalue weighted by Gasteiger charge is -2.21. The van der Waals surface area contributed by atoms with Crippen LogP contribution in [0.2, 0.25) is 0 Å². The summed E-state index contributed by atoms with van der Waals surface area (Å²) in [5.74, 6) is 0.291. The molecule has 1 atom stereocenters. The second-order valence-electron chi connectivity index (χ2n) is 6.58. The lowest BCUT2D eigenvalue weighted by atomic mass is 10.2. The fourth-order valence-electron chi connectivity index (χ4n) is 2.52. The normalized spacial score (nSPS) is 12.4. The zero-order chi connectivity index (χ0) is 21.4. The summed E-state index contributed by atoms with van der Waals surface area (Å²) >= 11 is 0. The van der Waals surface area contributed by atoms with Gasteiger partial charge in [-0.15, -0.1) is 0 Å². The van der Waals surface area contributed by atoms with E-state index in [1.807, 2.05) is 0 Å². The second kappa shape index (κ2) is 10.2. The van der Waals surface area contributed by atoms with Crippen molar-refractivity contribution in [2.45, 2.75) is 19.5 Å². The van der Waals surface area contributed by atoms with Crippen molar-refractivity contribution in [1.82, 2.24) is 9.62 Å². The number of methoxy groups -OCH3 is 1. The number of halogens is 1. The smallest absolute Gasteiger partial charge is 0.235 e. The molecule has 158 valence electrons. The molecule has 2 aromatic rings. The van der Waals surface area contributed by atoms with Gasteiger partial charge in [-0.05, 0) is 37.3 Å². The molecular formula is C20H25FN2O5S. The van der Waals surface area contributed by atoms with E-state index in [4.69, 9.17) is 9.47 Å². The molecule has 2 rings (SSSR count). The topological polar surface area (TPSA) is 84.9 Å². The first kappa shape index (κ1) is 22.6. The van der Waals surface area contributed by atoms with Crippen molar-refractivity contribution in [3.8, 4) is 11.5 Å². The number of carbonyl (C=O) groups excluding carboxylic acids is 1. The van der Waals surface area contributed by atoms with Crippen molar-refractivity contribution < 1.29 is 27.1 Å². The van der Waals surface area contributed by atoms with Gasteiger partial charge in [0.1, 0.15) is 23.9 Å². The van der Waals surface area contributed by atoms with Crippen LogP contribution in [0.5, 0.6) is 11.5 Å². The van der Waals surface area contributed by atoms with Crippen LogP contribution in [0.15, 0.2) is 48.5 Å². The quantitative estimate of drug-likeness (QED) is 0.632. The van der Waals surface area contributed by atoms with Crippen LogP contribution in [0.1, 0.15) is 12.5 Å². The molecule has 7 nitrogen and oxygen atoms in total. The fraction of sp³-hybridized carbons (Fsp3) is 0.350. The van der Waals surface area contributed by atoms with E-state index in [2.05, 4.69) is 5.32 Å². The predicted octanol–water partition coefficient (Wildman–Crippen LogP) is 2.18. The summed E-state index contributed by atoms with van der Waals surface area (Å²) in [6.07, 6.45) is 0.983. The molecule has 2 aromatic carbocycles. The maximum absolute atomic E-state index is 13.8. The number of benzene rings is 2. The van der Waals surface area contributed by atoms with Crippen LogP contribution in [0.3, 0.4) is 0 Å². The van der Waals surface area contributed by atoms with Gasteiger partial charge in [-0.25, -0.2) is 12.8 Å². The van der Waals surface area contributed by atoms with Crippen molar-refractivity contribution >= 4 is 15.9 Å². The summed E-state index contributed by atoms with van der Waals surface area (Å²) in [6, 6.07) is 12.5. The number of hydrogen-bond acceptors (Lipinski definition) is 5. The second-order valence-corrected chi connectivity index (χ2v) is 8.56. The van der Waals surface area contributed by atoms with Crippen LogP contribution in [0.25, 0.3) is 0 Å². The molecule has 9 heteroatoms. The van der Waals surface area contributed by atoms with Crippen molar-refractivity contribution in [1.29, 1.82) is 0 Å². The maximum atomic E-state index is 13.8. The van der Waals surface area contributed by atoms with E-state index in [9.17, 15) is 17.6 Å². The predicted molar refractivity (Wildman–Crippen MR) is 108 cm³/mol. The number of ether oxygens (including phenoxy) is 2. The van der Waals surface area contributed by atoms with Crippen LogP contribution in [0, 0.1) is 5.82 Å². The van der Waals surface area contributed by atoms with E-state index >= 15 is 0 Å². The zero-order valence-corrected chi connectivity index (χ0v) is 17.4. The lowest BCUT2D eigenvalue weighted by molar-refractivity contribution is -0.122. The molecule has 29 heavy (non-hydrogen) atoms. The summed E-state index contributed by atoms with van der Waals surface area (Å²) in [6.45, 7) is 1.29. The highest BCUT2D eigenvalue weighted by Crippen LogP contribution is 2.17. The number of amides is 1. The number of sulfonamides is 1. The van der Waals surface area contributed by atoms with Gasteiger partial charge < -0.3 is 14.8 Å². The first-order valence-corrected chi connectivity index (χ1v) is 10.8. The van der Waals surface area contributed by atoms with Crippen molar-refractivity contribution in [2.75, 3.05) is 26.5 Å². The minimum absolute atomic E-state index is 0.196. The molecule has 0 aliphatic carbocycles. The SMILES string of the molecule is COc1ccc(OC[C@@H](C)NC(=O)CN(Cc2ccccc2F)S(C)(=O)=O)cc1. The molecule has 0 aliphatic heterocycles. The Bertz CT molecular complexity index is 919. The number of nitrogens with one attached hydrogen (secondary N) is 1. The lowest BCUT2D eigenvalue weighted by Crippen LogP contribution is -2.44. The summed E-state index contributed by atoms with van der Waals surface area (Å²) in [7, 11) is -2.14. The number of hydrogen-bond donors (Lipinski definition) is 1. The van der Waals surface area contributed by atoms with Crippen LogP contribution in [0.4, 0.5) is 4.39 Å². The molecule has 0 fully saturated rings. The van der Waals surface area contributed by atoms with Gasteiger partial charge in [-0.1, -0.05) is 18.2 Å². The molecule has 0 aliphatic rings. The third-order valence-corrected chi connectivity index (χ3v) is 5.26. The summed E-state index contributed by atoms with van der Waals surface area (Å²) in [5.41, 5.74) is 0.196. The molecule has 0 heterocycles. The van der Waals surface area contributed by atoms with Gasteiger partial charge >= 0.3 is 0 Å². The van der Waals surface area contributed by atoms with E-state index in [0.29, 0.717) is 11.5 Å². The fourth-order valence-corrected chi connectivity index (χ4v) is 3.25. The van der Waals surface area contributed by atoms with Crippen molar-refractivity contribution in [3.63, 3.8) is 0 Å². The molecular weight excluding hydrogens is 399 g/mol. The van der Waals surface area contributed by atoms with Crippen LogP contribution >= 0.6 is 0 Å². The van der Waals surface area contributed by atoms with E-state index in [0.717, 1.165) is 10.6 Å². The zero-order valence-electron chi connectivity index (χ0n) is 16.6. The van der Waals surface area contributed by atoms with Crippen LogP contribution in [-0.4, -0.2) is 51.2 Å². The Balaban J connectivity index is 1.90. The van der Waals surface area contributed by atoms with Gasteiger partial charge in [0.2, 0.25) is 15.9 Å². The van der Waals surface area contributed by atoms with Crippen molar-refractivity contribution in [2.24, 2.45) is 0 Å². The molecule has 0 aromatic heterocycles. The number of rotatable bonds is 10. The van der Waals surface area contributed by atoms with Crippen LogP contribution in [-0.2, 0) is 21.4 Å². The van der Waals surface area contributed by atoms with Crippen molar-refractivity contribution in [3.05, 3.63) is 59.9 Å². The van der Waals surface area contributed by atoms with E-state index < -0.39 is 28.3 Å². The monoisotopic (exact) mass is 424 g/mol. The van der Waals surface area contributed by atoms with E-state index in [-0.39, 0.29) is 24.8 Å². The summed E-state index contributed by atoms with van der Waals surface area (Å²) < 4.78 is 49.5. The van der Waals surface area contributed by atoms with Gasteiger partial charge in [0, 0.05) is 12.1 Å². The number of carbonyl (C=O) groups is 1. The maximum Gasteiger partial charge on any atom is 0.235 e. The minimum Gasteiger partial charge on any atom is -0.497 e. The molecule has 1 amide bonds. The minimum atomic E-state index is -3.71. The third-order valence-electron chi connectivity index (χ3n) is 4.06. The first-order chi connectivity index (χ1) is 13.7. The van der Waals surface area contributed by atoms with Gasteiger partial charge in [0.05, 0.1) is 26.0 Å². The Hall–Kier alpha value is -2.65. The molecule has 0 radical (unpaired) electrons. The van der Waals surface area contributed by atoms with Gasteiger partial charge in [0.25, 0.3) is 0 Å². The van der Waals surface area contributed by atoms with Gasteiger partial charge in [-0.3, -0.25) is 4.79 Å². The molecule has 0 spiro atoms. The first-order valence-electron chi connectivity index (χ1n) is 8.93. The largest absolute Gasteiger partial charge is 0.497 e. The molecule has 0 bridgehead atoms.